The molecule has 106 valence electrons. The lowest BCUT2D eigenvalue weighted by Crippen LogP contribution is -2.53. The number of likely N-dealkylation sites (N-methyl/N-ethyl adjacent to an activating group) is 1. The van der Waals surface area contributed by atoms with E-state index in [4.69, 9.17) is 0 Å². The van der Waals surface area contributed by atoms with Crippen LogP contribution in [0.3, 0.4) is 0 Å². The second kappa shape index (κ2) is 5.42. The fourth-order valence-corrected chi connectivity index (χ4v) is 4.58. The van der Waals surface area contributed by atoms with Crippen molar-refractivity contribution in [3.8, 4) is 0 Å². The zero-order valence-electron chi connectivity index (χ0n) is 11.0. The van der Waals surface area contributed by atoms with E-state index in [0.717, 1.165) is 19.3 Å². The van der Waals surface area contributed by atoms with Gasteiger partial charge >= 0.3 is 0 Å². The number of aliphatic hydroxyl groups is 1. The average Bonchev–Trinajstić information content (AvgIpc) is 2.74. The first-order valence-electron chi connectivity index (χ1n) is 6.58. The summed E-state index contributed by atoms with van der Waals surface area (Å²) in [5.41, 5.74) is 0. The molecular formula is C11H23N3O3S. The third kappa shape index (κ3) is 2.55. The quantitative estimate of drug-likeness (QED) is 0.720. The van der Waals surface area contributed by atoms with Crippen molar-refractivity contribution in [2.45, 2.75) is 44.4 Å². The van der Waals surface area contributed by atoms with Crippen LogP contribution >= 0.6 is 0 Å². The van der Waals surface area contributed by atoms with Gasteiger partial charge in [0.25, 0.3) is 10.2 Å². The number of hydrogen-bond donors (Lipinski definition) is 2. The zero-order valence-corrected chi connectivity index (χ0v) is 11.9. The van der Waals surface area contributed by atoms with Gasteiger partial charge in [0.1, 0.15) is 0 Å². The van der Waals surface area contributed by atoms with Gasteiger partial charge in [-0.2, -0.15) is 17.0 Å². The maximum Gasteiger partial charge on any atom is 0.282 e. The molecule has 0 amide bonds. The summed E-state index contributed by atoms with van der Waals surface area (Å²) >= 11 is 0. The zero-order chi connectivity index (χ0) is 13.3. The van der Waals surface area contributed by atoms with Crippen LogP contribution in [0.5, 0.6) is 0 Å². The van der Waals surface area contributed by atoms with Gasteiger partial charge in [-0.3, -0.25) is 0 Å². The molecule has 0 bridgehead atoms. The summed E-state index contributed by atoms with van der Waals surface area (Å²) in [5.74, 6) is 0. The van der Waals surface area contributed by atoms with Crippen LogP contribution in [0.2, 0.25) is 0 Å². The standard InChI is InChI=1S/C11H23N3O3S/c1-9-5-3-4-6-14(9)18(16,17)13(2)10-7-12-8-11(10)15/h9-12,15H,3-8H2,1-2H3/t9?,10-,11-/m0/s1. The van der Waals surface area contributed by atoms with Crippen molar-refractivity contribution >= 4 is 10.2 Å². The first kappa shape index (κ1) is 14.2. The molecule has 0 aromatic carbocycles. The summed E-state index contributed by atoms with van der Waals surface area (Å²) in [4.78, 5) is 0. The molecule has 2 aliphatic heterocycles. The Morgan fingerprint density at radius 2 is 2.06 bits per heavy atom. The van der Waals surface area contributed by atoms with Crippen LogP contribution < -0.4 is 5.32 Å². The van der Waals surface area contributed by atoms with Crippen molar-refractivity contribution in [1.29, 1.82) is 0 Å². The molecule has 18 heavy (non-hydrogen) atoms. The van der Waals surface area contributed by atoms with Crippen LogP contribution in [0.4, 0.5) is 0 Å². The van der Waals surface area contributed by atoms with E-state index in [1.807, 2.05) is 6.92 Å². The van der Waals surface area contributed by atoms with Gasteiger partial charge in [-0.1, -0.05) is 6.42 Å². The molecule has 2 N–H and O–H groups in total. The van der Waals surface area contributed by atoms with E-state index in [0.29, 0.717) is 19.6 Å². The second-order valence-corrected chi connectivity index (χ2v) is 7.21. The molecule has 0 spiro atoms. The first-order chi connectivity index (χ1) is 8.44. The van der Waals surface area contributed by atoms with Crippen molar-refractivity contribution in [3.05, 3.63) is 0 Å². The molecule has 2 heterocycles. The Morgan fingerprint density at radius 1 is 1.33 bits per heavy atom. The number of rotatable bonds is 3. The van der Waals surface area contributed by atoms with Gasteiger partial charge in [-0.25, -0.2) is 0 Å². The van der Waals surface area contributed by atoms with Gasteiger partial charge in [0.05, 0.1) is 12.1 Å². The highest BCUT2D eigenvalue weighted by atomic mass is 32.2. The lowest BCUT2D eigenvalue weighted by atomic mass is 10.1. The largest absolute Gasteiger partial charge is 0.390 e. The number of nitrogens with one attached hydrogen (secondary N) is 1. The van der Waals surface area contributed by atoms with Gasteiger partial charge in [0.15, 0.2) is 0 Å². The number of nitrogens with zero attached hydrogens (tertiary/aromatic N) is 2. The SMILES string of the molecule is CC1CCCCN1S(=O)(=O)N(C)[C@H]1CNC[C@@H]1O. The predicted octanol–water partition coefficient (Wildman–Crippen LogP) is -0.630. The summed E-state index contributed by atoms with van der Waals surface area (Å²) in [7, 11) is -1.89. The van der Waals surface area contributed by atoms with Gasteiger partial charge in [0, 0.05) is 32.7 Å². The van der Waals surface area contributed by atoms with Crippen LogP contribution in [-0.4, -0.2) is 67.0 Å². The smallest absolute Gasteiger partial charge is 0.282 e. The van der Waals surface area contributed by atoms with Crippen LogP contribution in [0.25, 0.3) is 0 Å². The van der Waals surface area contributed by atoms with Crippen LogP contribution in [0.15, 0.2) is 0 Å². The minimum absolute atomic E-state index is 0.0534. The molecule has 2 aliphatic rings. The molecule has 2 fully saturated rings. The second-order valence-electron chi connectivity index (χ2n) is 5.27. The number of piperidine rings is 1. The number of hydrogen-bond acceptors (Lipinski definition) is 4. The monoisotopic (exact) mass is 277 g/mol. The third-order valence-corrected chi connectivity index (χ3v) is 6.15. The van der Waals surface area contributed by atoms with Gasteiger partial charge in [-0.15, -0.1) is 0 Å². The van der Waals surface area contributed by atoms with Crippen molar-refractivity contribution < 1.29 is 13.5 Å². The van der Waals surface area contributed by atoms with Crippen molar-refractivity contribution in [2.24, 2.45) is 0 Å². The fourth-order valence-electron chi connectivity index (χ4n) is 2.77. The summed E-state index contributed by atoms with van der Waals surface area (Å²) in [6.07, 6.45) is 2.30. The maximum atomic E-state index is 12.5. The van der Waals surface area contributed by atoms with Crippen molar-refractivity contribution in [3.63, 3.8) is 0 Å². The third-order valence-electron chi connectivity index (χ3n) is 4.02. The summed E-state index contributed by atoms with van der Waals surface area (Å²) < 4.78 is 28.0. The predicted molar refractivity (Wildman–Crippen MR) is 69.4 cm³/mol. The minimum Gasteiger partial charge on any atom is -0.390 e. The molecule has 7 heteroatoms. The molecule has 6 nitrogen and oxygen atoms in total. The van der Waals surface area contributed by atoms with E-state index in [-0.39, 0.29) is 12.1 Å². The minimum atomic E-state index is -3.46. The average molecular weight is 277 g/mol. The van der Waals surface area contributed by atoms with Gasteiger partial charge < -0.3 is 10.4 Å². The van der Waals surface area contributed by atoms with Gasteiger partial charge in [-0.05, 0) is 19.8 Å². The molecule has 1 unspecified atom stereocenters. The molecule has 2 rings (SSSR count). The van der Waals surface area contributed by atoms with E-state index >= 15 is 0 Å². The Balaban J connectivity index is 2.14. The lowest BCUT2D eigenvalue weighted by Gasteiger charge is -2.37. The van der Waals surface area contributed by atoms with E-state index < -0.39 is 16.3 Å². The normalized spacial score (nSPS) is 35.2. The van der Waals surface area contributed by atoms with E-state index in [1.165, 1.54) is 4.31 Å². The molecular weight excluding hydrogens is 254 g/mol. The van der Waals surface area contributed by atoms with E-state index in [1.54, 1.807) is 11.4 Å². The molecule has 2 saturated heterocycles. The Kier molecular flexibility index (Phi) is 4.28. The Bertz CT molecular complexity index is 387. The molecule has 3 atom stereocenters. The van der Waals surface area contributed by atoms with Crippen LogP contribution in [-0.2, 0) is 10.2 Å². The fraction of sp³-hybridized carbons (Fsp3) is 1.00. The Morgan fingerprint density at radius 3 is 2.61 bits per heavy atom. The summed E-state index contributed by atoms with van der Waals surface area (Å²) in [6, 6.07) is -0.304. The lowest BCUT2D eigenvalue weighted by molar-refractivity contribution is 0.129. The summed E-state index contributed by atoms with van der Waals surface area (Å²) in [6.45, 7) is 3.51. The van der Waals surface area contributed by atoms with Gasteiger partial charge in [0.2, 0.25) is 0 Å². The van der Waals surface area contributed by atoms with E-state index in [2.05, 4.69) is 5.32 Å². The molecule has 0 saturated carbocycles. The molecule has 0 radical (unpaired) electrons. The molecule has 0 aromatic heterocycles. The Labute approximate surface area is 109 Å². The Hall–Kier alpha value is -0.210. The highest BCUT2D eigenvalue weighted by Gasteiger charge is 2.39. The van der Waals surface area contributed by atoms with E-state index in [9.17, 15) is 13.5 Å². The highest BCUT2D eigenvalue weighted by Crippen LogP contribution is 2.23. The highest BCUT2D eigenvalue weighted by molar-refractivity contribution is 7.86. The number of β-amino-alcohol motifs (C(OH)–C–C–N with tert-alkyl or cyclic N) is 1. The maximum absolute atomic E-state index is 12.5. The molecule has 0 aliphatic carbocycles. The molecule has 0 aromatic rings. The topological polar surface area (TPSA) is 72.9 Å². The number of aliphatic hydroxyl groups excluding tert-OH is 1. The van der Waals surface area contributed by atoms with Crippen molar-refractivity contribution in [2.75, 3.05) is 26.7 Å². The van der Waals surface area contributed by atoms with Crippen molar-refractivity contribution in [1.82, 2.24) is 13.9 Å². The van der Waals surface area contributed by atoms with Crippen LogP contribution in [0.1, 0.15) is 26.2 Å². The first-order valence-corrected chi connectivity index (χ1v) is 7.98. The summed E-state index contributed by atoms with van der Waals surface area (Å²) in [5, 5.41) is 12.8. The van der Waals surface area contributed by atoms with Crippen LogP contribution in [0, 0.1) is 0 Å².